The Morgan fingerprint density at radius 1 is 1.20 bits per heavy atom. The molecule has 1 rings (SSSR count). The van der Waals surface area contributed by atoms with Gasteiger partial charge in [-0.05, 0) is 19.8 Å². The summed E-state index contributed by atoms with van der Waals surface area (Å²) in [6.07, 6.45) is 7.54. The van der Waals surface area contributed by atoms with Crippen LogP contribution in [0.25, 0.3) is 0 Å². The molecule has 0 aromatic heterocycles. The van der Waals surface area contributed by atoms with E-state index in [0.29, 0.717) is 6.42 Å². The lowest BCUT2D eigenvalue weighted by Crippen LogP contribution is -2.26. The predicted octanol–water partition coefficient (Wildman–Crippen LogP) is 2.38. The number of rotatable bonds is 4. The average molecular weight is 214 g/mol. The first-order valence-corrected chi connectivity index (χ1v) is 5.63. The van der Waals surface area contributed by atoms with E-state index in [2.05, 4.69) is 4.74 Å². The van der Waals surface area contributed by atoms with E-state index in [1.165, 1.54) is 6.42 Å². The maximum atomic E-state index is 10.7. The number of carbonyl (C=O) groups is 2. The van der Waals surface area contributed by atoms with Crippen LogP contribution in [-0.4, -0.2) is 26.3 Å². The molecule has 88 valence electrons. The number of ether oxygens (including phenoxy) is 1. The Morgan fingerprint density at radius 2 is 1.73 bits per heavy atom. The quantitative estimate of drug-likeness (QED) is 0.675. The molecule has 1 saturated carbocycles. The molecule has 0 heterocycles. The van der Waals surface area contributed by atoms with Gasteiger partial charge in [-0.1, -0.05) is 19.3 Å². The molecule has 3 heteroatoms. The van der Waals surface area contributed by atoms with Crippen molar-refractivity contribution in [2.75, 3.05) is 13.7 Å². The first-order valence-electron chi connectivity index (χ1n) is 5.63. The normalized spacial score (nSPS) is 18.5. The molecule has 3 nitrogen and oxygen atoms in total. The molecule has 0 unspecified atom stereocenters. The van der Waals surface area contributed by atoms with Crippen molar-refractivity contribution >= 4 is 12.6 Å². The topological polar surface area (TPSA) is 43.4 Å². The highest BCUT2D eigenvalue weighted by Crippen LogP contribution is 2.36. The molecular weight excluding hydrogens is 192 g/mol. The smallest absolute Gasteiger partial charge is 0.126 e. The van der Waals surface area contributed by atoms with Crippen LogP contribution in [-0.2, 0) is 14.3 Å². The standard InChI is InChI=1S/C9H14O2.C3H8O/c10-7-6-9(8-11)4-2-1-3-5-9;1-3-4-2/h7-8H,1-6H2;3H2,1-2H3. The first kappa shape index (κ1) is 14.3. The van der Waals surface area contributed by atoms with Crippen LogP contribution in [0.3, 0.4) is 0 Å². The van der Waals surface area contributed by atoms with Crippen LogP contribution in [0.1, 0.15) is 45.4 Å². The lowest BCUT2D eigenvalue weighted by atomic mass is 9.73. The Hall–Kier alpha value is -0.700. The summed E-state index contributed by atoms with van der Waals surface area (Å²) < 4.78 is 4.54. The van der Waals surface area contributed by atoms with Crippen molar-refractivity contribution in [3.8, 4) is 0 Å². The summed E-state index contributed by atoms with van der Waals surface area (Å²) in [7, 11) is 1.68. The molecule has 0 aliphatic heterocycles. The molecule has 0 N–H and O–H groups in total. The van der Waals surface area contributed by atoms with Gasteiger partial charge in [0.15, 0.2) is 0 Å². The first-order chi connectivity index (χ1) is 7.24. The molecule has 0 saturated heterocycles. The van der Waals surface area contributed by atoms with E-state index < -0.39 is 0 Å². The highest BCUT2D eigenvalue weighted by atomic mass is 16.5. The summed E-state index contributed by atoms with van der Waals surface area (Å²) >= 11 is 0. The Bertz CT molecular complexity index is 170. The minimum atomic E-state index is -0.278. The van der Waals surface area contributed by atoms with Crippen LogP contribution >= 0.6 is 0 Å². The fraction of sp³-hybridized carbons (Fsp3) is 0.833. The molecule has 0 aromatic carbocycles. The molecular formula is C12H22O3. The van der Waals surface area contributed by atoms with Crippen molar-refractivity contribution in [1.82, 2.24) is 0 Å². The molecule has 0 spiro atoms. The van der Waals surface area contributed by atoms with E-state index in [1.807, 2.05) is 6.92 Å². The maximum absolute atomic E-state index is 10.7. The highest BCUT2D eigenvalue weighted by molar-refractivity contribution is 5.66. The van der Waals surface area contributed by atoms with Crippen molar-refractivity contribution in [3.05, 3.63) is 0 Å². The number of carbonyl (C=O) groups excluding carboxylic acids is 2. The van der Waals surface area contributed by atoms with Gasteiger partial charge in [0.2, 0.25) is 0 Å². The summed E-state index contributed by atoms with van der Waals surface area (Å²) in [5.41, 5.74) is -0.278. The maximum Gasteiger partial charge on any atom is 0.126 e. The lowest BCUT2D eigenvalue weighted by Gasteiger charge is -2.29. The minimum absolute atomic E-state index is 0.278. The van der Waals surface area contributed by atoms with E-state index in [-0.39, 0.29) is 5.41 Å². The fourth-order valence-corrected chi connectivity index (χ4v) is 1.79. The van der Waals surface area contributed by atoms with E-state index in [0.717, 1.165) is 44.9 Å². The van der Waals surface area contributed by atoms with Gasteiger partial charge in [0, 0.05) is 25.6 Å². The van der Waals surface area contributed by atoms with Crippen LogP contribution in [0.2, 0.25) is 0 Å². The summed E-state index contributed by atoms with van der Waals surface area (Å²) in [5.74, 6) is 0. The second kappa shape index (κ2) is 8.60. The molecule has 0 radical (unpaired) electrons. The van der Waals surface area contributed by atoms with Crippen LogP contribution in [0, 0.1) is 5.41 Å². The van der Waals surface area contributed by atoms with Crippen LogP contribution in [0.5, 0.6) is 0 Å². The fourth-order valence-electron chi connectivity index (χ4n) is 1.79. The monoisotopic (exact) mass is 214 g/mol. The third-order valence-electron chi connectivity index (χ3n) is 2.88. The zero-order chi connectivity index (χ0) is 11.6. The molecule has 1 aliphatic carbocycles. The Labute approximate surface area is 92.2 Å². The summed E-state index contributed by atoms with van der Waals surface area (Å²) in [4.78, 5) is 21.0. The van der Waals surface area contributed by atoms with Gasteiger partial charge >= 0.3 is 0 Å². The van der Waals surface area contributed by atoms with E-state index in [4.69, 9.17) is 0 Å². The van der Waals surface area contributed by atoms with Gasteiger partial charge in [-0.3, -0.25) is 0 Å². The lowest BCUT2D eigenvalue weighted by molar-refractivity contribution is -0.122. The van der Waals surface area contributed by atoms with E-state index in [1.54, 1.807) is 7.11 Å². The number of hydrogen-bond donors (Lipinski definition) is 0. The summed E-state index contributed by atoms with van der Waals surface area (Å²) in [6, 6.07) is 0. The predicted molar refractivity (Wildman–Crippen MR) is 59.8 cm³/mol. The van der Waals surface area contributed by atoms with Gasteiger partial charge in [0.05, 0.1) is 0 Å². The van der Waals surface area contributed by atoms with E-state index >= 15 is 0 Å². The van der Waals surface area contributed by atoms with E-state index in [9.17, 15) is 9.59 Å². The molecule has 15 heavy (non-hydrogen) atoms. The third kappa shape index (κ3) is 5.67. The Morgan fingerprint density at radius 3 is 2.07 bits per heavy atom. The van der Waals surface area contributed by atoms with Crippen molar-refractivity contribution in [3.63, 3.8) is 0 Å². The second-order valence-electron chi connectivity index (χ2n) is 3.99. The van der Waals surface area contributed by atoms with Crippen LogP contribution in [0.4, 0.5) is 0 Å². The summed E-state index contributed by atoms with van der Waals surface area (Å²) in [6.45, 7) is 2.78. The molecule has 0 aromatic rings. The number of aldehydes is 2. The number of hydrogen-bond acceptors (Lipinski definition) is 3. The van der Waals surface area contributed by atoms with Crippen molar-refractivity contribution in [1.29, 1.82) is 0 Å². The highest BCUT2D eigenvalue weighted by Gasteiger charge is 2.30. The molecule has 0 bridgehead atoms. The Balaban J connectivity index is 0.000000423. The third-order valence-corrected chi connectivity index (χ3v) is 2.88. The Kier molecular flexibility index (Phi) is 8.19. The SMILES string of the molecule is CCOC.O=CCC1(C=O)CCCCC1. The minimum Gasteiger partial charge on any atom is -0.385 e. The van der Waals surface area contributed by atoms with Crippen molar-refractivity contribution in [2.45, 2.75) is 45.4 Å². The average Bonchev–Trinajstić information content (AvgIpc) is 2.31. The number of methoxy groups -OCH3 is 1. The van der Waals surface area contributed by atoms with Gasteiger partial charge in [-0.2, -0.15) is 0 Å². The van der Waals surface area contributed by atoms with Gasteiger partial charge in [0.1, 0.15) is 12.6 Å². The molecule has 0 atom stereocenters. The second-order valence-corrected chi connectivity index (χ2v) is 3.99. The van der Waals surface area contributed by atoms with Crippen molar-refractivity contribution < 1.29 is 14.3 Å². The van der Waals surface area contributed by atoms with Gasteiger partial charge < -0.3 is 14.3 Å². The molecule has 1 fully saturated rings. The van der Waals surface area contributed by atoms with Crippen LogP contribution in [0.15, 0.2) is 0 Å². The largest absolute Gasteiger partial charge is 0.385 e. The van der Waals surface area contributed by atoms with Gasteiger partial charge in [-0.25, -0.2) is 0 Å². The van der Waals surface area contributed by atoms with Crippen LogP contribution < -0.4 is 0 Å². The van der Waals surface area contributed by atoms with Crippen molar-refractivity contribution in [2.24, 2.45) is 5.41 Å². The van der Waals surface area contributed by atoms with Gasteiger partial charge in [0.25, 0.3) is 0 Å². The summed E-state index contributed by atoms with van der Waals surface area (Å²) in [5, 5.41) is 0. The van der Waals surface area contributed by atoms with Gasteiger partial charge in [-0.15, -0.1) is 0 Å². The molecule has 1 aliphatic rings. The zero-order valence-corrected chi connectivity index (χ0v) is 9.83. The zero-order valence-electron chi connectivity index (χ0n) is 9.83. The molecule has 0 amide bonds.